The van der Waals surface area contributed by atoms with E-state index in [2.05, 4.69) is 15.9 Å². The average Bonchev–Trinajstić information content (AvgIpc) is 2.52. The van der Waals surface area contributed by atoms with Gasteiger partial charge in [-0.1, -0.05) is 15.9 Å². The van der Waals surface area contributed by atoms with Crippen LogP contribution in [0.2, 0.25) is 0 Å². The molecule has 1 aliphatic rings. The van der Waals surface area contributed by atoms with Crippen LogP contribution in [0.4, 0.5) is 4.79 Å². The summed E-state index contributed by atoms with van der Waals surface area (Å²) in [6, 6.07) is 5.23. The normalized spacial score (nSPS) is 18.1. The van der Waals surface area contributed by atoms with Crippen molar-refractivity contribution < 1.29 is 19.1 Å². The molecule has 2 rings (SSSR count). The Kier molecular flexibility index (Phi) is 5.98. The van der Waals surface area contributed by atoms with Gasteiger partial charge in [-0.05, 0) is 45.9 Å². The van der Waals surface area contributed by atoms with Crippen LogP contribution >= 0.6 is 15.9 Å². The van der Waals surface area contributed by atoms with Crippen LogP contribution in [0.1, 0.15) is 38.1 Å². The minimum absolute atomic E-state index is 0.0966. The molecule has 138 valence electrons. The van der Waals surface area contributed by atoms with E-state index in [4.69, 9.17) is 9.47 Å². The van der Waals surface area contributed by atoms with E-state index in [-0.39, 0.29) is 18.0 Å². The number of benzene rings is 1. The summed E-state index contributed by atoms with van der Waals surface area (Å²) in [5.74, 6) is 0.432. The second-order valence-electron chi connectivity index (χ2n) is 7.12. The zero-order chi connectivity index (χ0) is 18.8. The molecule has 1 aromatic carbocycles. The third-order valence-electron chi connectivity index (χ3n) is 3.93. The van der Waals surface area contributed by atoms with E-state index < -0.39 is 5.60 Å². The summed E-state index contributed by atoms with van der Waals surface area (Å²) in [5.41, 5.74) is -0.0128. The number of rotatable bonds is 2. The lowest BCUT2D eigenvalue weighted by atomic mass is 10.1. The maximum absolute atomic E-state index is 12.9. The van der Waals surface area contributed by atoms with Crippen molar-refractivity contribution >= 4 is 27.9 Å². The molecule has 0 radical (unpaired) electrons. The van der Waals surface area contributed by atoms with Gasteiger partial charge in [-0.15, -0.1) is 0 Å². The monoisotopic (exact) mass is 412 g/mol. The van der Waals surface area contributed by atoms with Crippen LogP contribution in [0.3, 0.4) is 0 Å². The van der Waals surface area contributed by atoms with E-state index >= 15 is 0 Å². The molecular formula is C18H25BrN2O4. The highest BCUT2D eigenvalue weighted by molar-refractivity contribution is 9.10. The highest BCUT2D eigenvalue weighted by Crippen LogP contribution is 2.26. The summed E-state index contributed by atoms with van der Waals surface area (Å²) in [5, 5.41) is 0. The molecule has 1 heterocycles. The van der Waals surface area contributed by atoms with Gasteiger partial charge in [-0.25, -0.2) is 4.79 Å². The summed E-state index contributed by atoms with van der Waals surface area (Å²) in [6.07, 6.45) is -0.340. The van der Waals surface area contributed by atoms with Gasteiger partial charge in [0.25, 0.3) is 5.91 Å². The molecule has 25 heavy (non-hydrogen) atoms. The van der Waals surface area contributed by atoms with Gasteiger partial charge in [-0.2, -0.15) is 0 Å². The first-order chi connectivity index (χ1) is 11.6. The number of carbonyl (C=O) groups excluding carboxylic acids is 2. The third-order valence-corrected chi connectivity index (χ3v) is 4.43. The lowest BCUT2D eigenvalue weighted by Gasteiger charge is -2.40. The predicted molar refractivity (Wildman–Crippen MR) is 99.0 cm³/mol. The Hall–Kier alpha value is -1.76. The lowest BCUT2D eigenvalue weighted by Crippen LogP contribution is -2.56. The van der Waals surface area contributed by atoms with Crippen molar-refractivity contribution in [2.75, 3.05) is 26.7 Å². The van der Waals surface area contributed by atoms with Gasteiger partial charge < -0.3 is 19.3 Å². The number of ether oxygens (including phenoxy) is 2. The van der Waals surface area contributed by atoms with Crippen LogP contribution in [-0.2, 0) is 4.74 Å². The van der Waals surface area contributed by atoms with Crippen LogP contribution in [0.15, 0.2) is 22.7 Å². The predicted octanol–water partition coefficient (Wildman–Crippen LogP) is 3.54. The number of hydrogen-bond acceptors (Lipinski definition) is 4. The zero-order valence-corrected chi connectivity index (χ0v) is 16.9. The summed E-state index contributed by atoms with van der Waals surface area (Å²) >= 11 is 3.38. The molecule has 1 fully saturated rings. The number of halogens is 1. The Labute approximate surface area is 157 Å². The molecule has 1 aromatic rings. The summed E-state index contributed by atoms with van der Waals surface area (Å²) in [7, 11) is 1.54. The molecule has 1 unspecified atom stereocenters. The van der Waals surface area contributed by atoms with Crippen LogP contribution in [0, 0.1) is 0 Å². The van der Waals surface area contributed by atoms with Crippen molar-refractivity contribution in [1.29, 1.82) is 0 Å². The van der Waals surface area contributed by atoms with Crippen LogP contribution in [0.5, 0.6) is 5.75 Å². The van der Waals surface area contributed by atoms with Crippen LogP contribution in [0.25, 0.3) is 0 Å². The standard InChI is InChI=1S/C18H25BrN2O4/c1-12-11-20(17(23)25-18(2,3)4)8-9-21(12)16(22)14-7-6-13(19)10-15(14)24-5/h6-7,10,12H,8-9,11H2,1-5H3. The molecule has 7 heteroatoms. The van der Waals surface area contributed by atoms with E-state index in [0.29, 0.717) is 30.9 Å². The Balaban J connectivity index is 2.09. The van der Waals surface area contributed by atoms with Crippen molar-refractivity contribution in [3.05, 3.63) is 28.2 Å². The second-order valence-corrected chi connectivity index (χ2v) is 8.03. The quantitative estimate of drug-likeness (QED) is 0.744. The summed E-state index contributed by atoms with van der Waals surface area (Å²) in [6.45, 7) is 8.80. The van der Waals surface area contributed by atoms with E-state index in [1.807, 2.05) is 33.8 Å². The van der Waals surface area contributed by atoms with Crippen LogP contribution < -0.4 is 4.74 Å². The fourth-order valence-electron chi connectivity index (χ4n) is 2.75. The minimum Gasteiger partial charge on any atom is -0.496 e. The highest BCUT2D eigenvalue weighted by atomic mass is 79.9. The van der Waals surface area contributed by atoms with Crippen molar-refractivity contribution in [1.82, 2.24) is 9.80 Å². The highest BCUT2D eigenvalue weighted by Gasteiger charge is 2.33. The molecule has 0 aromatic heterocycles. The smallest absolute Gasteiger partial charge is 0.410 e. The van der Waals surface area contributed by atoms with Crippen molar-refractivity contribution in [2.45, 2.75) is 39.3 Å². The fraction of sp³-hybridized carbons (Fsp3) is 0.556. The zero-order valence-electron chi connectivity index (χ0n) is 15.3. The minimum atomic E-state index is -0.530. The van der Waals surface area contributed by atoms with Gasteiger partial charge >= 0.3 is 6.09 Å². The molecule has 0 saturated carbocycles. The van der Waals surface area contributed by atoms with Crippen molar-refractivity contribution in [2.24, 2.45) is 0 Å². The largest absolute Gasteiger partial charge is 0.496 e. The number of methoxy groups -OCH3 is 1. The van der Waals surface area contributed by atoms with Gasteiger partial charge in [0.15, 0.2) is 0 Å². The Morgan fingerprint density at radius 3 is 2.48 bits per heavy atom. The first-order valence-electron chi connectivity index (χ1n) is 8.25. The van der Waals surface area contributed by atoms with Gasteiger partial charge in [0.05, 0.1) is 12.7 Å². The Morgan fingerprint density at radius 1 is 1.24 bits per heavy atom. The lowest BCUT2D eigenvalue weighted by molar-refractivity contribution is 0.00610. The second kappa shape index (κ2) is 7.64. The van der Waals surface area contributed by atoms with Gasteiger partial charge in [0.2, 0.25) is 0 Å². The molecule has 1 atom stereocenters. The molecule has 1 aliphatic heterocycles. The number of amides is 2. The maximum atomic E-state index is 12.9. The number of nitrogens with zero attached hydrogens (tertiary/aromatic N) is 2. The average molecular weight is 413 g/mol. The molecule has 0 spiro atoms. The van der Waals surface area contributed by atoms with E-state index in [0.717, 1.165) is 4.47 Å². The number of carbonyl (C=O) groups is 2. The molecule has 0 aliphatic carbocycles. The maximum Gasteiger partial charge on any atom is 0.410 e. The summed E-state index contributed by atoms with van der Waals surface area (Å²) < 4.78 is 11.6. The molecule has 0 N–H and O–H groups in total. The Morgan fingerprint density at radius 2 is 1.92 bits per heavy atom. The first kappa shape index (κ1) is 19.6. The number of piperazine rings is 1. The summed E-state index contributed by atoms with van der Waals surface area (Å²) in [4.78, 5) is 28.5. The molecule has 1 saturated heterocycles. The first-order valence-corrected chi connectivity index (χ1v) is 9.04. The molecular weight excluding hydrogens is 388 g/mol. The van der Waals surface area contributed by atoms with Gasteiger partial charge in [0.1, 0.15) is 11.4 Å². The van der Waals surface area contributed by atoms with E-state index in [1.165, 1.54) is 0 Å². The molecule has 2 amide bonds. The topological polar surface area (TPSA) is 59.1 Å². The Bertz CT molecular complexity index is 657. The van der Waals surface area contributed by atoms with Gasteiger partial charge in [-0.3, -0.25) is 4.79 Å². The number of hydrogen-bond donors (Lipinski definition) is 0. The van der Waals surface area contributed by atoms with Crippen LogP contribution in [-0.4, -0.2) is 60.2 Å². The van der Waals surface area contributed by atoms with Gasteiger partial charge in [0, 0.05) is 30.1 Å². The van der Waals surface area contributed by atoms with Crippen molar-refractivity contribution in [3.8, 4) is 5.75 Å². The molecule has 0 bridgehead atoms. The fourth-order valence-corrected chi connectivity index (χ4v) is 3.09. The van der Waals surface area contributed by atoms with E-state index in [1.54, 1.807) is 29.0 Å². The SMILES string of the molecule is COc1cc(Br)ccc1C(=O)N1CCN(C(=O)OC(C)(C)C)CC1C. The third kappa shape index (κ3) is 4.87. The van der Waals surface area contributed by atoms with E-state index in [9.17, 15) is 9.59 Å². The molecule has 6 nitrogen and oxygen atoms in total. The van der Waals surface area contributed by atoms with Crippen molar-refractivity contribution in [3.63, 3.8) is 0 Å².